The van der Waals surface area contributed by atoms with E-state index in [9.17, 15) is 0 Å². The molecule has 1 aromatic rings. The average molecular weight is 277 g/mol. The monoisotopic (exact) mass is 277 g/mol. The molecule has 1 aromatic carbocycles. The molecule has 1 atom stereocenters. The van der Waals surface area contributed by atoms with Gasteiger partial charge in [0, 0.05) is 19.3 Å². The van der Waals surface area contributed by atoms with Crippen LogP contribution < -0.4 is 10.1 Å². The third-order valence-electron chi connectivity index (χ3n) is 3.84. The van der Waals surface area contributed by atoms with Crippen molar-refractivity contribution in [2.75, 3.05) is 26.4 Å². The number of hydrogen-bond donors (Lipinski definition) is 1. The predicted molar refractivity (Wildman–Crippen MR) is 82.3 cm³/mol. The Hall–Kier alpha value is -1.06. The van der Waals surface area contributed by atoms with Gasteiger partial charge >= 0.3 is 0 Å². The van der Waals surface area contributed by atoms with Gasteiger partial charge in [-0.2, -0.15) is 0 Å². The van der Waals surface area contributed by atoms with E-state index in [1.54, 1.807) is 0 Å². The summed E-state index contributed by atoms with van der Waals surface area (Å²) in [7, 11) is 0. The topological polar surface area (TPSA) is 30.5 Å². The summed E-state index contributed by atoms with van der Waals surface area (Å²) in [4.78, 5) is 0. The molecule has 112 valence electrons. The molecule has 20 heavy (non-hydrogen) atoms. The van der Waals surface area contributed by atoms with E-state index in [0.717, 1.165) is 51.4 Å². The van der Waals surface area contributed by atoms with Crippen LogP contribution in [0.2, 0.25) is 0 Å². The second-order valence-electron chi connectivity index (χ2n) is 5.67. The Morgan fingerprint density at radius 1 is 1.25 bits per heavy atom. The van der Waals surface area contributed by atoms with Gasteiger partial charge in [0.25, 0.3) is 0 Å². The first-order valence-electron chi connectivity index (χ1n) is 7.80. The lowest BCUT2D eigenvalue weighted by molar-refractivity contribution is 0.0497. The normalized spacial score (nSPS) is 17.9. The van der Waals surface area contributed by atoms with Gasteiger partial charge in [-0.15, -0.1) is 0 Å². The zero-order chi connectivity index (χ0) is 14.2. The molecule has 1 fully saturated rings. The zero-order valence-electron chi connectivity index (χ0n) is 12.7. The zero-order valence-corrected chi connectivity index (χ0v) is 12.7. The maximum absolute atomic E-state index is 5.88. The van der Waals surface area contributed by atoms with Gasteiger partial charge in [-0.1, -0.05) is 19.1 Å². The highest BCUT2D eigenvalue weighted by atomic mass is 16.5. The Morgan fingerprint density at radius 2 is 1.95 bits per heavy atom. The molecule has 1 aliphatic rings. The van der Waals surface area contributed by atoms with Crippen LogP contribution in [0, 0.1) is 5.92 Å². The van der Waals surface area contributed by atoms with Gasteiger partial charge in [0.1, 0.15) is 5.75 Å². The minimum Gasteiger partial charge on any atom is -0.493 e. The van der Waals surface area contributed by atoms with E-state index in [-0.39, 0.29) is 0 Å². The van der Waals surface area contributed by atoms with Crippen LogP contribution in [0.1, 0.15) is 32.3 Å². The second kappa shape index (κ2) is 8.28. The van der Waals surface area contributed by atoms with E-state index in [1.807, 2.05) is 0 Å². The lowest BCUT2D eigenvalue weighted by atomic mass is 10.0. The Morgan fingerprint density at radius 3 is 2.60 bits per heavy atom. The molecule has 1 heterocycles. The number of nitrogens with one attached hydrogen (secondary N) is 1. The fourth-order valence-electron chi connectivity index (χ4n) is 2.62. The first kappa shape index (κ1) is 15.3. The third-order valence-corrected chi connectivity index (χ3v) is 3.84. The van der Waals surface area contributed by atoms with Crippen molar-refractivity contribution in [3.8, 4) is 5.75 Å². The quantitative estimate of drug-likeness (QED) is 0.831. The SMILES string of the molecule is CCNC(C)Cc1ccc(OCC2CCOCC2)cc1. The van der Waals surface area contributed by atoms with Gasteiger partial charge in [-0.05, 0) is 56.3 Å². The van der Waals surface area contributed by atoms with Gasteiger partial charge in [-0.3, -0.25) is 0 Å². The number of ether oxygens (including phenoxy) is 2. The highest BCUT2D eigenvalue weighted by Crippen LogP contribution is 2.18. The maximum Gasteiger partial charge on any atom is 0.119 e. The fraction of sp³-hybridized carbons (Fsp3) is 0.647. The van der Waals surface area contributed by atoms with Crippen molar-refractivity contribution in [2.45, 2.75) is 39.2 Å². The molecule has 0 aliphatic carbocycles. The molecular weight excluding hydrogens is 250 g/mol. The lowest BCUT2D eigenvalue weighted by Crippen LogP contribution is -2.27. The molecular formula is C17H27NO2. The number of rotatable bonds is 7. The Balaban J connectivity index is 1.75. The van der Waals surface area contributed by atoms with Gasteiger partial charge in [0.15, 0.2) is 0 Å². The highest BCUT2D eigenvalue weighted by Gasteiger charge is 2.14. The first-order chi connectivity index (χ1) is 9.78. The van der Waals surface area contributed by atoms with Gasteiger partial charge in [0.2, 0.25) is 0 Å². The molecule has 0 spiro atoms. The predicted octanol–water partition coefficient (Wildman–Crippen LogP) is 3.03. The van der Waals surface area contributed by atoms with Crippen molar-refractivity contribution in [3.63, 3.8) is 0 Å². The summed E-state index contributed by atoms with van der Waals surface area (Å²) in [5, 5.41) is 3.43. The van der Waals surface area contributed by atoms with Crippen LogP contribution in [0.5, 0.6) is 5.75 Å². The summed E-state index contributed by atoms with van der Waals surface area (Å²) >= 11 is 0. The molecule has 1 saturated heterocycles. The Kier molecular flexibility index (Phi) is 6.34. The van der Waals surface area contributed by atoms with Crippen LogP contribution >= 0.6 is 0 Å². The van der Waals surface area contributed by atoms with Crippen molar-refractivity contribution in [1.82, 2.24) is 5.32 Å². The molecule has 3 nitrogen and oxygen atoms in total. The number of benzene rings is 1. The molecule has 0 aromatic heterocycles. The van der Waals surface area contributed by atoms with Crippen LogP contribution in [-0.4, -0.2) is 32.4 Å². The molecule has 2 rings (SSSR count). The van der Waals surface area contributed by atoms with E-state index < -0.39 is 0 Å². The van der Waals surface area contributed by atoms with E-state index in [1.165, 1.54) is 5.56 Å². The van der Waals surface area contributed by atoms with Crippen LogP contribution in [0.4, 0.5) is 0 Å². The van der Waals surface area contributed by atoms with E-state index >= 15 is 0 Å². The van der Waals surface area contributed by atoms with Crippen LogP contribution in [0.25, 0.3) is 0 Å². The Bertz CT molecular complexity index is 371. The van der Waals surface area contributed by atoms with Crippen molar-refractivity contribution in [1.29, 1.82) is 0 Å². The molecule has 1 N–H and O–H groups in total. The highest BCUT2D eigenvalue weighted by molar-refractivity contribution is 5.27. The third kappa shape index (κ3) is 5.14. The molecule has 0 radical (unpaired) electrons. The first-order valence-corrected chi connectivity index (χ1v) is 7.80. The summed E-state index contributed by atoms with van der Waals surface area (Å²) in [5.41, 5.74) is 1.36. The number of likely N-dealkylation sites (N-methyl/N-ethyl adjacent to an activating group) is 1. The average Bonchev–Trinajstić information content (AvgIpc) is 2.48. The van der Waals surface area contributed by atoms with Crippen molar-refractivity contribution < 1.29 is 9.47 Å². The Labute approximate surface area is 122 Å². The van der Waals surface area contributed by atoms with Crippen LogP contribution in [0.3, 0.4) is 0 Å². The second-order valence-corrected chi connectivity index (χ2v) is 5.67. The maximum atomic E-state index is 5.88. The lowest BCUT2D eigenvalue weighted by Gasteiger charge is -2.22. The summed E-state index contributed by atoms with van der Waals surface area (Å²) in [5.74, 6) is 1.63. The summed E-state index contributed by atoms with van der Waals surface area (Å²) in [6, 6.07) is 9.05. The summed E-state index contributed by atoms with van der Waals surface area (Å²) in [6.07, 6.45) is 3.31. The summed E-state index contributed by atoms with van der Waals surface area (Å²) < 4.78 is 11.2. The smallest absolute Gasteiger partial charge is 0.119 e. The minimum absolute atomic E-state index is 0.522. The largest absolute Gasteiger partial charge is 0.493 e. The van der Waals surface area contributed by atoms with Crippen LogP contribution in [-0.2, 0) is 11.2 Å². The van der Waals surface area contributed by atoms with Crippen LogP contribution in [0.15, 0.2) is 24.3 Å². The molecule has 0 saturated carbocycles. The van der Waals surface area contributed by atoms with E-state index in [4.69, 9.17) is 9.47 Å². The van der Waals surface area contributed by atoms with Gasteiger partial charge in [-0.25, -0.2) is 0 Å². The van der Waals surface area contributed by atoms with Crippen molar-refractivity contribution in [3.05, 3.63) is 29.8 Å². The van der Waals surface area contributed by atoms with Gasteiger partial charge < -0.3 is 14.8 Å². The minimum atomic E-state index is 0.522. The van der Waals surface area contributed by atoms with Gasteiger partial charge in [0.05, 0.1) is 6.61 Å². The fourth-order valence-corrected chi connectivity index (χ4v) is 2.62. The molecule has 0 bridgehead atoms. The molecule has 3 heteroatoms. The van der Waals surface area contributed by atoms with Crippen molar-refractivity contribution in [2.24, 2.45) is 5.92 Å². The standard InChI is InChI=1S/C17H27NO2/c1-3-18-14(2)12-15-4-6-17(7-5-15)20-13-16-8-10-19-11-9-16/h4-7,14,16,18H,3,8-13H2,1-2H3. The van der Waals surface area contributed by atoms with E-state index in [2.05, 4.69) is 43.4 Å². The van der Waals surface area contributed by atoms with Crippen molar-refractivity contribution >= 4 is 0 Å². The summed E-state index contributed by atoms with van der Waals surface area (Å²) in [6.45, 7) is 7.97. The number of hydrogen-bond acceptors (Lipinski definition) is 3. The molecule has 0 amide bonds. The molecule has 1 unspecified atom stereocenters. The molecule has 1 aliphatic heterocycles. The van der Waals surface area contributed by atoms with E-state index in [0.29, 0.717) is 12.0 Å².